The normalized spacial score (nSPS) is 26.5. The second-order valence-electron chi connectivity index (χ2n) is 5.42. The zero-order valence-corrected chi connectivity index (χ0v) is 11.0. The number of amides is 1. The number of hydrogen-bond acceptors (Lipinski definition) is 5. The number of hydrogen-bond donors (Lipinski definition) is 2. The summed E-state index contributed by atoms with van der Waals surface area (Å²) in [5.41, 5.74) is 6.67. The van der Waals surface area contributed by atoms with E-state index < -0.39 is 0 Å². The van der Waals surface area contributed by atoms with Crippen molar-refractivity contribution >= 4 is 11.9 Å². The van der Waals surface area contributed by atoms with E-state index in [2.05, 4.69) is 15.3 Å². The quantitative estimate of drug-likeness (QED) is 0.819. The molecule has 1 aromatic heterocycles. The smallest absolute Gasteiger partial charge is 0.257 e. The predicted molar refractivity (Wildman–Crippen MR) is 71.7 cm³/mol. The first-order chi connectivity index (χ1) is 9.19. The van der Waals surface area contributed by atoms with Gasteiger partial charge in [-0.3, -0.25) is 4.79 Å². The molecule has 1 saturated heterocycles. The number of nitrogens with two attached hydrogens (primary N) is 1. The van der Waals surface area contributed by atoms with E-state index in [1.165, 1.54) is 12.8 Å². The van der Waals surface area contributed by atoms with Gasteiger partial charge in [-0.05, 0) is 24.7 Å². The van der Waals surface area contributed by atoms with Crippen molar-refractivity contribution in [2.24, 2.45) is 17.6 Å². The topological polar surface area (TPSA) is 84.1 Å². The van der Waals surface area contributed by atoms with E-state index in [-0.39, 0.29) is 11.9 Å². The van der Waals surface area contributed by atoms with Gasteiger partial charge in [0.1, 0.15) is 0 Å². The minimum Gasteiger partial charge on any atom is -0.357 e. The summed E-state index contributed by atoms with van der Waals surface area (Å²) in [6, 6.07) is 0.119. The third-order valence-corrected chi connectivity index (χ3v) is 4.05. The Morgan fingerprint density at radius 3 is 2.63 bits per heavy atom. The fourth-order valence-electron chi connectivity index (χ4n) is 2.79. The maximum atomic E-state index is 12.4. The van der Waals surface area contributed by atoms with Crippen molar-refractivity contribution in [1.82, 2.24) is 14.9 Å². The standard InChI is InChI=1S/C13H19N5O/c1-15-13-16-4-9(5-17-13)12(19)18-6-10(8-2-3-8)11(14)7-18/h4-5,8,10-11H,2-3,6-7,14H2,1H3,(H,15,16,17)/t10-,11+/m0/s1. The third kappa shape index (κ3) is 2.40. The van der Waals surface area contributed by atoms with Crippen molar-refractivity contribution in [2.75, 3.05) is 25.5 Å². The summed E-state index contributed by atoms with van der Waals surface area (Å²) in [6.45, 7) is 1.42. The second kappa shape index (κ2) is 4.77. The molecule has 1 saturated carbocycles. The number of aromatic nitrogens is 2. The fourth-order valence-corrected chi connectivity index (χ4v) is 2.79. The highest BCUT2D eigenvalue weighted by atomic mass is 16.2. The van der Waals surface area contributed by atoms with Crippen molar-refractivity contribution in [3.8, 4) is 0 Å². The molecule has 19 heavy (non-hydrogen) atoms. The summed E-state index contributed by atoms with van der Waals surface area (Å²) in [5.74, 6) is 1.71. The molecule has 2 atom stereocenters. The Bertz CT molecular complexity index is 470. The molecule has 102 valence electrons. The predicted octanol–water partition coefficient (Wildman–Crippen LogP) is 0.328. The van der Waals surface area contributed by atoms with Gasteiger partial charge in [0.05, 0.1) is 5.56 Å². The lowest BCUT2D eigenvalue weighted by Gasteiger charge is -2.15. The highest BCUT2D eigenvalue weighted by Crippen LogP contribution is 2.41. The molecule has 2 aliphatic rings. The molecule has 1 aromatic rings. The lowest BCUT2D eigenvalue weighted by atomic mass is 9.99. The highest BCUT2D eigenvalue weighted by molar-refractivity contribution is 5.94. The van der Waals surface area contributed by atoms with E-state index in [4.69, 9.17) is 5.73 Å². The van der Waals surface area contributed by atoms with Crippen LogP contribution in [-0.2, 0) is 0 Å². The zero-order chi connectivity index (χ0) is 13.4. The maximum absolute atomic E-state index is 12.4. The zero-order valence-electron chi connectivity index (χ0n) is 11.0. The molecular formula is C13H19N5O. The first-order valence-corrected chi connectivity index (χ1v) is 6.73. The number of rotatable bonds is 3. The summed E-state index contributed by atoms with van der Waals surface area (Å²) < 4.78 is 0. The Kier molecular flexibility index (Phi) is 3.10. The molecule has 2 fully saturated rings. The average molecular weight is 261 g/mol. The molecule has 0 bridgehead atoms. The molecule has 3 N–H and O–H groups in total. The van der Waals surface area contributed by atoms with Crippen molar-refractivity contribution in [3.63, 3.8) is 0 Å². The second-order valence-corrected chi connectivity index (χ2v) is 5.42. The summed E-state index contributed by atoms with van der Waals surface area (Å²) in [4.78, 5) is 22.3. The van der Waals surface area contributed by atoms with Crippen molar-refractivity contribution < 1.29 is 4.79 Å². The molecule has 0 aromatic carbocycles. The van der Waals surface area contributed by atoms with E-state index in [0.29, 0.717) is 24.0 Å². The third-order valence-electron chi connectivity index (χ3n) is 4.05. The molecule has 0 unspecified atom stereocenters. The molecule has 1 aliphatic carbocycles. The van der Waals surface area contributed by atoms with Gasteiger partial charge in [0.15, 0.2) is 0 Å². The van der Waals surface area contributed by atoms with E-state index in [9.17, 15) is 4.79 Å². The SMILES string of the molecule is CNc1ncc(C(=O)N2C[C@@H](N)[C@H](C3CC3)C2)cn1. The minimum absolute atomic E-state index is 0.0127. The van der Waals surface area contributed by atoms with Crippen LogP contribution in [0.1, 0.15) is 23.2 Å². The van der Waals surface area contributed by atoms with Crippen LogP contribution in [0.15, 0.2) is 12.4 Å². The first-order valence-electron chi connectivity index (χ1n) is 6.73. The number of likely N-dealkylation sites (tertiary alicyclic amines) is 1. The largest absolute Gasteiger partial charge is 0.357 e. The molecule has 6 nitrogen and oxygen atoms in total. The average Bonchev–Trinajstić information content (AvgIpc) is 3.21. The number of nitrogens with zero attached hydrogens (tertiary/aromatic N) is 3. The number of nitrogens with one attached hydrogen (secondary N) is 1. The minimum atomic E-state index is -0.0127. The van der Waals surface area contributed by atoms with Crippen LogP contribution in [0.2, 0.25) is 0 Å². The van der Waals surface area contributed by atoms with Crippen LogP contribution in [0, 0.1) is 11.8 Å². The first kappa shape index (κ1) is 12.3. The Morgan fingerprint density at radius 1 is 1.37 bits per heavy atom. The summed E-state index contributed by atoms with van der Waals surface area (Å²) >= 11 is 0. The number of anilines is 1. The maximum Gasteiger partial charge on any atom is 0.257 e. The summed E-state index contributed by atoms with van der Waals surface area (Å²) in [7, 11) is 1.75. The van der Waals surface area contributed by atoms with Crippen LogP contribution in [0.25, 0.3) is 0 Å². The molecular weight excluding hydrogens is 242 g/mol. The monoisotopic (exact) mass is 261 g/mol. The van der Waals surface area contributed by atoms with Crippen LogP contribution in [0.4, 0.5) is 5.95 Å². The van der Waals surface area contributed by atoms with Gasteiger partial charge in [-0.15, -0.1) is 0 Å². The van der Waals surface area contributed by atoms with Crippen molar-refractivity contribution in [2.45, 2.75) is 18.9 Å². The Hall–Kier alpha value is -1.69. The van der Waals surface area contributed by atoms with E-state index in [1.54, 1.807) is 19.4 Å². The molecule has 2 heterocycles. The van der Waals surface area contributed by atoms with Crippen LogP contribution in [0.5, 0.6) is 0 Å². The summed E-state index contributed by atoms with van der Waals surface area (Å²) in [6.07, 6.45) is 5.66. The van der Waals surface area contributed by atoms with Gasteiger partial charge in [0.25, 0.3) is 5.91 Å². The van der Waals surface area contributed by atoms with Gasteiger partial charge < -0.3 is 16.0 Å². The van der Waals surface area contributed by atoms with Crippen LogP contribution in [0.3, 0.4) is 0 Å². The van der Waals surface area contributed by atoms with E-state index in [1.807, 2.05) is 4.90 Å². The molecule has 1 amide bonds. The van der Waals surface area contributed by atoms with Gasteiger partial charge in [-0.1, -0.05) is 0 Å². The number of carbonyl (C=O) groups is 1. The van der Waals surface area contributed by atoms with Gasteiger partial charge in [0.2, 0.25) is 5.95 Å². The molecule has 6 heteroatoms. The van der Waals surface area contributed by atoms with Gasteiger partial charge in [-0.2, -0.15) is 0 Å². The van der Waals surface area contributed by atoms with Crippen LogP contribution in [-0.4, -0.2) is 47.0 Å². The number of carbonyl (C=O) groups excluding carboxylic acids is 1. The van der Waals surface area contributed by atoms with Crippen molar-refractivity contribution in [1.29, 1.82) is 0 Å². The van der Waals surface area contributed by atoms with Gasteiger partial charge >= 0.3 is 0 Å². The van der Waals surface area contributed by atoms with Crippen LogP contribution >= 0.6 is 0 Å². The molecule has 3 rings (SSSR count). The lowest BCUT2D eigenvalue weighted by molar-refractivity contribution is 0.0784. The van der Waals surface area contributed by atoms with Gasteiger partial charge in [0, 0.05) is 38.6 Å². The van der Waals surface area contributed by atoms with Gasteiger partial charge in [-0.25, -0.2) is 9.97 Å². The molecule has 0 radical (unpaired) electrons. The van der Waals surface area contributed by atoms with Crippen LogP contribution < -0.4 is 11.1 Å². The fraction of sp³-hybridized carbons (Fsp3) is 0.615. The van der Waals surface area contributed by atoms with E-state index >= 15 is 0 Å². The van der Waals surface area contributed by atoms with Crippen molar-refractivity contribution in [3.05, 3.63) is 18.0 Å². The Balaban J connectivity index is 1.69. The highest BCUT2D eigenvalue weighted by Gasteiger charge is 2.42. The lowest BCUT2D eigenvalue weighted by Crippen LogP contribution is -2.32. The molecule has 1 aliphatic heterocycles. The Morgan fingerprint density at radius 2 is 2.05 bits per heavy atom. The Labute approximate surface area is 112 Å². The van der Waals surface area contributed by atoms with E-state index in [0.717, 1.165) is 12.5 Å². The molecule has 0 spiro atoms. The summed E-state index contributed by atoms with van der Waals surface area (Å²) in [5, 5.41) is 2.83.